The van der Waals surface area contributed by atoms with Crippen LogP contribution in [-0.4, -0.2) is 0 Å². The Bertz CT molecular complexity index is 551. The highest BCUT2D eigenvalue weighted by Crippen LogP contribution is 2.29. The number of hydrogen-bond acceptors (Lipinski definition) is 1. The largest absolute Gasteiger partial charge is 0.377 e. The van der Waals surface area contributed by atoms with Crippen molar-refractivity contribution >= 4 is 33.2 Å². The number of nitrogens with one attached hydrogen (secondary N) is 1. The zero-order chi connectivity index (χ0) is 13.8. The molecule has 0 saturated heterocycles. The first-order valence-corrected chi connectivity index (χ1v) is 7.57. The standard InChI is InChI=1S/C16H17BrClN/c1-3-12-4-6-13(7-5-12)11(2)19-16-9-8-14(17)10-15(16)18/h4-11,19H,3H2,1-2H3. The van der Waals surface area contributed by atoms with Crippen LogP contribution in [0.1, 0.15) is 31.0 Å². The summed E-state index contributed by atoms with van der Waals surface area (Å²) in [4.78, 5) is 0. The molecule has 0 amide bonds. The molecule has 0 radical (unpaired) electrons. The number of benzene rings is 2. The summed E-state index contributed by atoms with van der Waals surface area (Å²) >= 11 is 9.63. The molecule has 0 aliphatic carbocycles. The number of halogens is 2. The van der Waals surface area contributed by atoms with Gasteiger partial charge < -0.3 is 5.32 Å². The molecule has 2 rings (SSSR count). The van der Waals surface area contributed by atoms with Crippen LogP contribution in [0.4, 0.5) is 5.69 Å². The number of rotatable bonds is 4. The molecule has 1 nitrogen and oxygen atoms in total. The van der Waals surface area contributed by atoms with Gasteiger partial charge in [-0.25, -0.2) is 0 Å². The molecule has 0 aromatic heterocycles. The number of hydrogen-bond donors (Lipinski definition) is 1. The molecule has 0 fully saturated rings. The van der Waals surface area contributed by atoms with E-state index >= 15 is 0 Å². The molecule has 0 aliphatic rings. The van der Waals surface area contributed by atoms with Crippen molar-refractivity contribution in [2.75, 3.05) is 5.32 Å². The van der Waals surface area contributed by atoms with Crippen molar-refractivity contribution in [1.82, 2.24) is 0 Å². The minimum Gasteiger partial charge on any atom is -0.377 e. The molecule has 0 spiro atoms. The highest BCUT2D eigenvalue weighted by molar-refractivity contribution is 9.10. The maximum atomic E-state index is 6.22. The lowest BCUT2D eigenvalue weighted by atomic mass is 10.0. The minimum atomic E-state index is 0.226. The Balaban J connectivity index is 2.13. The Morgan fingerprint density at radius 2 is 1.84 bits per heavy atom. The Kier molecular flexibility index (Phi) is 4.89. The molecule has 0 bridgehead atoms. The van der Waals surface area contributed by atoms with E-state index in [1.165, 1.54) is 11.1 Å². The first kappa shape index (κ1) is 14.4. The summed E-state index contributed by atoms with van der Waals surface area (Å²) < 4.78 is 0.989. The molecule has 100 valence electrons. The van der Waals surface area contributed by atoms with Gasteiger partial charge in [0.2, 0.25) is 0 Å². The smallest absolute Gasteiger partial charge is 0.0648 e. The van der Waals surface area contributed by atoms with Crippen LogP contribution in [0.3, 0.4) is 0 Å². The zero-order valence-electron chi connectivity index (χ0n) is 11.1. The SMILES string of the molecule is CCc1ccc(C(C)Nc2ccc(Br)cc2Cl)cc1. The van der Waals surface area contributed by atoms with Crippen LogP contribution < -0.4 is 5.32 Å². The summed E-state index contributed by atoms with van der Waals surface area (Å²) in [7, 11) is 0. The van der Waals surface area contributed by atoms with E-state index in [1.54, 1.807) is 0 Å². The van der Waals surface area contributed by atoms with Crippen LogP contribution >= 0.6 is 27.5 Å². The summed E-state index contributed by atoms with van der Waals surface area (Å²) in [5, 5.41) is 4.17. The Morgan fingerprint density at radius 1 is 1.16 bits per heavy atom. The molecule has 19 heavy (non-hydrogen) atoms. The molecule has 3 heteroatoms. The first-order valence-electron chi connectivity index (χ1n) is 6.40. The van der Waals surface area contributed by atoms with Crippen molar-refractivity contribution in [3.8, 4) is 0 Å². The summed E-state index contributed by atoms with van der Waals surface area (Å²) in [6.45, 7) is 4.30. The molecule has 0 aliphatic heterocycles. The third-order valence-electron chi connectivity index (χ3n) is 3.19. The van der Waals surface area contributed by atoms with Gasteiger partial charge in [0.25, 0.3) is 0 Å². The highest BCUT2D eigenvalue weighted by Gasteiger charge is 2.07. The molecule has 0 heterocycles. The van der Waals surface area contributed by atoms with Crippen molar-refractivity contribution < 1.29 is 0 Å². The maximum absolute atomic E-state index is 6.22. The van der Waals surface area contributed by atoms with Gasteiger partial charge in [0.1, 0.15) is 0 Å². The van der Waals surface area contributed by atoms with Crippen LogP contribution in [0.5, 0.6) is 0 Å². The molecule has 1 unspecified atom stereocenters. The molecule has 1 atom stereocenters. The van der Waals surface area contributed by atoms with E-state index in [9.17, 15) is 0 Å². The van der Waals surface area contributed by atoms with Crippen LogP contribution in [0.2, 0.25) is 5.02 Å². The molecule has 0 saturated carbocycles. The Labute approximate surface area is 128 Å². The van der Waals surface area contributed by atoms with Crippen molar-refractivity contribution in [2.24, 2.45) is 0 Å². The van der Waals surface area contributed by atoms with Crippen molar-refractivity contribution in [3.05, 3.63) is 63.1 Å². The predicted molar refractivity (Wildman–Crippen MR) is 87.0 cm³/mol. The lowest BCUT2D eigenvalue weighted by molar-refractivity contribution is 0.883. The topological polar surface area (TPSA) is 12.0 Å². The quantitative estimate of drug-likeness (QED) is 0.738. The summed E-state index contributed by atoms with van der Waals surface area (Å²) in [5.74, 6) is 0. The fourth-order valence-electron chi connectivity index (χ4n) is 1.97. The van der Waals surface area contributed by atoms with Gasteiger partial charge in [0.15, 0.2) is 0 Å². The molecule has 2 aromatic carbocycles. The van der Waals surface area contributed by atoms with Crippen molar-refractivity contribution in [2.45, 2.75) is 26.3 Å². The number of aryl methyl sites for hydroxylation is 1. The van der Waals surface area contributed by atoms with Gasteiger partial charge in [-0.05, 0) is 42.7 Å². The van der Waals surface area contributed by atoms with E-state index in [0.717, 1.165) is 21.6 Å². The van der Waals surface area contributed by atoms with Gasteiger partial charge in [-0.15, -0.1) is 0 Å². The van der Waals surface area contributed by atoms with Crippen molar-refractivity contribution in [3.63, 3.8) is 0 Å². The lowest BCUT2D eigenvalue weighted by Crippen LogP contribution is -2.07. The normalized spacial score (nSPS) is 12.2. The Morgan fingerprint density at radius 3 is 2.42 bits per heavy atom. The van der Waals surface area contributed by atoms with Gasteiger partial charge in [-0.1, -0.05) is 58.7 Å². The van der Waals surface area contributed by atoms with Crippen molar-refractivity contribution in [1.29, 1.82) is 0 Å². The van der Waals surface area contributed by atoms with E-state index in [1.807, 2.05) is 18.2 Å². The van der Waals surface area contributed by atoms with E-state index in [0.29, 0.717) is 0 Å². The highest BCUT2D eigenvalue weighted by atomic mass is 79.9. The van der Waals surface area contributed by atoms with E-state index in [-0.39, 0.29) is 6.04 Å². The summed E-state index contributed by atoms with van der Waals surface area (Å²) in [6.07, 6.45) is 1.07. The average molecular weight is 339 g/mol. The predicted octanol–water partition coefficient (Wildman–Crippen LogP) is 5.84. The fourth-order valence-corrected chi connectivity index (χ4v) is 2.69. The average Bonchev–Trinajstić information content (AvgIpc) is 2.42. The maximum Gasteiger partial charge on any atom is 0.0648 e. The monoisotopic (exact) mass is 337 g/mol. The second kappa shape index (κ2) is 6.44. The molecular weight excluding hydrogens is 322 g/mol. The van der Waals surface area contributed by atoms with Crippen LogP contribution in [0.25, 0.3) is 0 Å². The van der Waals surface area contributed by atoms with Gasteiger partial charge in [0.05, 0.1) is 10.7 Å². The van der Waals surface area contributed by atoms with Crippen LogP contribution in [-0.2, 0) is 6.42 Å². The van der Waals surface area contributed by atoms with Gasteiger partial charge >= 0.3 is 0 Å². The second-order valence-corrected chi connectivity index (χ2v) is 5.91. The Hall–Kier alpha value is -0.990. The van der Waals surface area contributed by atoms with Crippen LogP contribution in [0, 0.1) is 0 Å². The summed E-state index contributed by atoms with van der Waals surface area (Å²) in [6, 6.07) is 14.8. The van der Waals surface area contributed by atoms with Gasteiger partial charge in [-0.3, -0.25) is 0 Å². The second-order valence-electron chi connectivity index (χ2n) is 4.59. The third kappa shape index (κ3) is 3.74. The van der Waals surface area contributed by atoms with E-state index in [4.69, 9.17) is 11.6 Å². The van der Waals surface area contributed by atoms with Gasteiger partial charge in [-0.2, -0.15) is 0 Å². The molecule has 2 aromatic rings. The van der Waals surface area contributed by atoms with Crippen LogP contribution in [0.15, 0.2) is 46.9 Å². The zero-order valence-corrected chi connectivity index (χ0v) is 13.4. The number of anilines is 1. The summed E-state index contributed by atoms with van der Waals surface area (Å²) in [5.41, 5.74) is 3.57. The van der Waals surface area contributed by atoms with E-state index in [2.05, 4.69) is 59.4 Å². The molecule has 1 N–H and O–H groups in total. The minimum absolute atomic E-state index is 0.226. The first-order chi connectivity index (χ1) is 9.10. The third-order valence-corrected chi connectivity index (χ3v) is 4.00. The lowest BCUT2D eigenvalue weighted by Gasteiger charge is -2.17. The van der Waals surface area contributed by atoms with Gasteiger partial charge in [0, 0.05) is 10.5 Å². The van der Waals surface area contributed by atoms with E-state index < -0.39 is 0 Å². The fraction of sp³-hybridized carbons (Fsp3) is 0.250. The molecular formula is C16H17BrClN.